The molecule has 0 aliphatic carbocycles. The number of carbonyl (C=O) groups is 2. The Labute approximate surface area is 179 Å². The summed E-state index contributed by atoms with van der Waals surface area (Å²) in [6.07, 6.45) is 0. The first kappa shape index (κ1) is 21.6. The highest BCUT2D eigenvalue weighted by Crippen LogP contribution is 2.24. The maximum Gasteiger partial charge on any atom is 0.255 e. The van der Waals surface area contributed by atoms with Crippen LogP contribution in [0.3, 0.4) is 0 Å². The van der Waals surface area contributed by atoms with Gasteiger partial charge in [-0.15, -0.1) is 0 Å². The second kappa shape index (κ2) is 8.71. The van der Waals surface area contributed by atoms with Crippen LogP contribution in [-0.4, -0.2) is 55.6 Å². The summed E-state index contributed by atoms with van der Waals surface area (Å²) in [4.78, 5) is 25.6. The summed E-state index contributed by atoms with van der Waals surface area (Å²) in [5.41, 5.74) is 0.589. The van der Waals surface area contributed by atoms with Crippen LogP contribution in [0.1, 0.15) is 17.3 Å². The predicted octanol–water partition coefficient (Wildman–Crippen LogP) is 3.10. The van der Waals surface area contributed by atoms with E-state index in [4.69, 9.17) is 23.2 Å². The quantitative estimate of drug-likeness (QED) is 0.766. The number of benzene rings is 2. The molecule has 2 aromatic carbocycles. The van der Waals surface area contributed by atoms with Gasteiger partial charge in [-0.1, -0.05) is 29.3 Å². The summed E-state index contributed by atoms with van der Waals surface area (Å²) in [6, 6.07) is 10.4. The summed E-state index contributed by atoms with van der Waals surface area (Å²) < 4.78 is 27.2. The van der Waals surface area contributed by atoms with Crippen molar-refractivity contribution in [1.29, 1.82) is 0 Å². The third-order valence-electron chi connectivity index (χ3n) is 4.54. The Morgan fingerprint density at radius 1 is 0.966 bits per heavy atom. The van der Waals surface area contributed by atoms with Gasteiger partial charge in [0.2, 0.25) is 15.9 Å². The minimum Gasteiger partial charge on any atom is -0.340 e. The Bertz CT molecular complexity index is 1030. The van der Waals surface area contributed by atoms with Gasteiger partial charge in [0, 0.05) is 54.4 Å². The highest BCUT2D eigenvalue weighted by Gasteiger charge is 2.29. The molecule has 1 aliphatic rings. The van der Waals surface area contributed by atoms with Crippen molar-refractivity contribution < 1.29 is 18.0 Å². The Kier molecular flexibility index (Phi) is 6.48. The van der Waals surface area contributed by atoms with E-state index < -0.39 is 15.9 Å². The molecule has 0 radical (unpaired) electrons. The first-order chi connectivity index (χ1) is 13.7. The minimum absolute atomic E-state index is 0.0190. The molecule has 0 saturated carbocycles. The maximum atomic E-state index is 12.9. The molecule has 2 amide bonds. The van der Waals surface area contributed by atoms with Crippen molar-refractivity contribution in [3.63, 3.8) is 0 Å². The van der Waals surface area contributed by atoms with Gasteiger partial charge < -0.3 is 10.2 Å². The molecule has 0 aromatic heterocycles. The third-order valence-corrected chi connectivity index (χ3v) is 6.87. The number of carbonyl (C=O) groups excluding carboxylic acids is 2. The predicted molar refractivity (Wildman–Crippen MR) is 112 cm³/mol. The van der Waals surface area contributed by atoms with E-state index >= 15 is 0 Å². The molecule has 1 saturated heterocycles. The van der Waals surface area contributed by atoms with Crippen LogP contribution in [0.25, 0.3) is 0 Å². The van der Waals surface area contributed by atoms with E-state index in [9.17, 15) is 18.0 Å². The van der Waals surface area contributed by atoms with Gasteiger partial charge in [0.15, 0.2) is 0 Å². The molecule has 29 heavy (non-hydrogen) atoms. The van der Waals surface area contributed by atoms with Crippen molar-refractivity contribution in [2.75, 3.05) is 31.5 Å². The zero-order valence-electron chi connectivity index (χ0n) is 15.6. The van der Waals surface area contributed by atoms with E-state index in [1.165, 1.54) is 41.6 Å². The van der Waals surface area contributed by atoms with Gasteiger partial charge in [-0.05, 0) is 36.4 Å². The first-order valence-corrected chi connectivity index (χ1v) is 11.0. The van der Waals surface area contributed by atoms with Crippen LogP contribution in [0.2, 0.25) is 10.0 Å². The monoisotopic (exact) mass is 455 g/mol. The molecular weight excluding hydrogens is 437 g/mol. The second-order valence-corrected chi connectivity index (χ2v) is 9.36. The number of hydrogen-bond acceptors (Lipinski definition) is 4. The minimum atomic E-state index is -3.78. The molecule has 1 fully saturated rings. The molecule has 154 valence electrons. The largest absolute Gasteiger partial charge is 0.340 e. The van der Waals surface area contributed by atoms with E-state index in [1.807, 2.05) is 0 Å². The average molecular weight is 456 g/mol. The molecule has 0 spiro atoms. The van der Waals surface area contributed by atoms with Gasteiger partial charge in [0.25, 0.3) is 5.91 Å². The lowest BCUT2D eigenvalue weighted by Crippen LogP contribution is -2.49. The number of rotatable bonds is 4. The Morgan fingerprint density at radius 2 is 1.59 bits per heavy atom. The summed E-state index contributed by atoms with van der Waals surface area (Å²) in [6.45, 7) is 2.55. The van der Waals surface area contributed by atoms with Crippen LogP contribution < -0.4 is 5.32 Å². The number of nitrogens with zero attached hydrogens (tertiary/aromatic N) is 2. The van der Waals surface area contributed by atoms with Crippen molar-refractivity contribution in [2.45, 2.75) is 11.8 Å². The lowest BCUT2D eigenvalue weighted by atomic mass is 10.2. The Hall–Kier alpha value is -2.13. The fourth-order valence-electron chi connectivity index (χ4n) is 3.02. The number of sulfonamides is 1. The zero-order valence-corrected chi connectivity index (χ0v) is 17.9. The zero-order chi connectivity index (χ0) is 21.2. The van der Waals surface area contributed by atoms with Gasteiger partial charge in [-0.25, -0.2) is 8.42 Å². The summed E-state index contributed by atoms with van der Waals surface area (Å²) in [5.74, 6) is -0.566. The van der Waals surface area contributed by atoms with Crippen LogP contribution in [0.4, 0.5) is 5.69 Å². The highest BCUT2D eigenvalue weighted by molar-refractivity contribution is 7.89. The summed E-state index contributed by atoms with van der Waals surface area (Å²) >= 11 is 11.9. The van der Waals surface area contributed by atoms with E-state index in [-0.39, 0.29) is 29.5 Å². The number of hydrogen-bond donors (Lipinski definition) is 1. The van der Waals surface area contributed by atoms with Crippen molar-refractivity contribution in [1.82, 2.24) is 9.21 Å². The third kappa shape index (κ3) is 5.08. The molecule has 1 N–H and O–H groups in total. The number of amides is 2. The second-order valence-electron chi connectivity index (χ2n) is 6.55. The van der Waals surface area contributed by atoms with Crippen LogP contribution >= 0.6 is 23.2 Å². The molecule has 0 bridgehead atoms. The molecule has 0 unspecified atom stereocenters. The SMILES string of the molecule is CC(=O)N1CCN(S(=O)(=O)c2cccc(C(=O)Nc3cc(Cl)cc(Cl)c3)c2)CC1. The molecule has 1 heterocycles. The van der Waals surface area contributed by atoms with Crippen LogP contribution in [0.5, 0.6) is 0 Å². The lowest BCUT2D eigenvalue weighted by molar-refractivity contribution is -0.129. The number of anilines is 1. The van der Waals surface area contributed by atoms with Gasteiger partial charge >= 0.3 is 0 Å². The van der Waals surface area contributed by atoms with Crippen molar-refractivity contribution in [2.24, 2.45) is 0 Å². The van der Waals surface area contributed by atoms with Crippen molar-refractivity contribution >= 4 is 50.7 Å². The van der Waals surface area contributed by atoms with Crippen molar-refractivity contribution in [3.8, 4) is 0 Å². The van der Waals surface area contributed by atoms with Gasteiger partial charge in [0.1, 0.15) is 0 Å². The molecule has 1 aliphatic heterocycles. The Morgan fingerprint density at radius 3 is 2.17 bits per heavy atom. The van der Waals surface area contributed by atoms with E-state index in [0.29, 0.717) is 28.8 Å². The average Bonchev–Trinajstić information content (AvgIpc) is 2.67. The molecule has 3 rings (SSSR count). The fourth-order valence-corrected chi connectivity index (χ4v) is 5.01. The van der Waals surface area contributed by atoms with Gasteiger partial charge in [-0.2, -0.15) is 4.31 Å². The van der Waals surface area contributed by atoms with E-state index in [0.717, 1.165) is 0 Å². The Balaban J connectivity index is 1.78. The normalized spacial score (nSPS) is 15.2. The molecular formula is C19H19Cl2N3O4S. The van der Waals surface area contributed by atoms with E-state index in [2.05, 4.69) is 5.32 Å². The highest BCUT2D eigenvalue weighted by atomic mass is 35.5. The number of halogens is 2. The maximum absolute atomic E-state index is 12.9. The lowest BCUT2D eigenvalue weighted by Gasteiger charge is -2.33. The topological polar surface area (TPSA) is 86.8 Å². The standard InChI is InChI=1S/C19H19Cl2N3O4S/c1-13(25)23-5-7-24(8-6-23)29(27,28)18-4-2-3-14(9-18)19(26)22-17-11-15(20)10-16(21)12-17/h2-4,9-12H,5-8H2,1H3,(H,22,26). The molecule has 10 heteroatoms. The van der Waals surface area contributed by atoms with Gasteiger partial charge in [0.05, 0.1) is 4.90 Å². The fraction of sp³-hybridized carbons (Fsp3) is 0.263. The van der Waals surface area contributed by atoms with E-state index in [1.54, 1.807) is 17.0 Å². The molecule has 0 atom stereocenters. The smallest absolute Gasteiger partial charge is 0.255 e. The van der Waals surface area contributed by atoms with Gasteiger partial charge in [-0.3, -0.25) is 9.59 Å². The van der Waals surface area contributed by atoms with Crippen LogP contribution in [-0.2, 0) is 14.8 Å². The number of nitrogens with one attached hydrogen (secondary N) is 1. The first-order valence-electron chi connectivity index (χ1n) is 8.80. The summed E-state index contributed by atoms with van der Waals surface area (Å²) in [5, 5.41) is 3.39. The number of piperazine rings is 1. The van der Waals surface area contributed by atoms with Crippen LogP contribution in [0, 0.1) is 0 Å². The van der Waals surface area contributed by atoms with Crippen LogP contribution in [0.15, 0.2) is 47.4 Å². The molecule has 2 aromatic rings. The molecule has 7 nitrogen and oxygen atoms in total. The summed E-state index contributed by atoms with van der Waals surface area (Å²) in [7, 11) is -3.78. The van der Waals surface area contributed by atoms with Crippen molar-refractivity contribution in [3.05, 3.63) is 58.1 Å².